The molecule has 0 spiro atoms. The van der Waals surface area contributed by atoms with Crippen LogP contribution < -0.4 is 0 Å². The van der Waals surface area contributed by atoms with Gasteiger partial charge < -0.3 is 9.05 Å². The second kappa shape index (κ2) is 6.26. The van der Waals surface area contributed by atoms with Crippen molar-refractivity contribution in [1.82, 2.24) is 0 Å². The number of terminal acetylenes is 1. The summed E-state index contributed by atoms with van der Waals surface area (Å²) in [7, 11) is -5.65. The molecular weight excluding hydrogens is 243 g/mol. The largest absolute Gasteiger partial charge is 0.327 e. The van der Waals surface area contributed by atoms with Crippen molar-refractivity contribution in [3.63, 3.8) is 0 Å². The molecule has 0 aromatic carbocycles. The molecule has 0 saturated heterocycles. The van der Waals surface area contributed by atoms with Gasteiger partial charge >= 0.3 is 7.60 Å². The fraction of sp³-hybridized carbons (Fsp3) is 0.714. The third-order valence-corrected chi connectivity index (χ3v) is 3.77. The van der Waals surface area contributed by atoms with Crippen molar-refractivity contribution in [3.05, 3.63) is 0 Å². The molecule has 0 aromatic heterocycles. The summed E-state index contributed by atoms with van der Waals surface area (Å²) in [6.07, 6.45) is 4.82. The highest BCUT2D eigenvalue weighted by Crippen LogP contribution is 2.42. The summed E-state index contributed by atoms with van der Waals surface area (Å²) < 4.78 is 46.8. The highest BCUT2D eigenvalue weighted by atomic mass is 32.2. The minimum Gasteiger partial charge on any atom is -0.312 e. The van der Waals surface area contributed by atoms with Crippen molar-refractivity contribution < 1.29 is 26.2 Å². The zero-order valence-corrected chi connectivity index (χ0v) is 10.2. The third-order valence-electron chi connectivity index (χ3n) is 1.31. The molecule has 0 heterocycles. The smallest absolute Gasteiger partial charge is 0.312 e. The molecule has 8 heteroatoms. The molecule has 0 aliphatic rings. The van der Waals surface area contributed by atoms with E-state index in [1.807, 2.05) is 5.92 Å². The quantitative estimate of drug-likeness (QED) is 0.374. The van der Waals surface area contributed by atoms with Gasteiger partial charge in [-0.05, 0) is 0 Å². The van der Waals surface area contributed by atoms with Crippen LogP contribution in [-0.4, -0.2) is 41.2 Å². The molecule has 88 valence electrons. The van der Waals surface area contributed by atoms with Gasteiger partial charge in [0.1, 0.15) is 6.61 Å². The Kier molecular flexibility index (Phi) is 6.10. The van der Waals surface area contributed by atoms with Crippen molar-refractivity contribution in [3.8, 4) is 12.3 Å². The van der Waals surface area contributed by atoms with Crippen LogP contribution in [0.2, 0.25) is 0 Å². The monoisotopic (exact) mass is 256 g/mol. The Labute approximate surface area is 89.6 Å². The van der Waals surface area contributed by atoms with E-state index >= 15 is 0 Å². The van der Waals surface area contributed by atoms with Crippen molar-refractivity contribution in [1.29, 1.82) is 0 Å². The molecule has 0 rings (SSSR count). The van der Waals surface area contributed by atoms with Gasteiger partial charge in [-0.1, -0.05) is 5.92 Å². The normalized spacial score (nSPS) is 15.5. The molecule has 0 bridgehead atoms. The van der Waals surface area contributed by atoms with Crippen molar-refractivity contribution in [2.75, 3.05) is 32.7 Å². The van der Waals surface area contributed by atoms with Crippen LogP contribution >= 0.6 is 7.60 Å². The minimum absolute atomic E-state index is 0.269. The molecule has 0 radical (unpaired) electrons. The third kappa shape index (κ3) is 7.54. The highest BCUT2D eigenvalue weighted by Gasteiger charge is 2.17. The first-order chi connectivity index (χ1) is 6.83. The molecular formula is C7H13O6PS. The average molecular weight is 256 g/mol. The summed E-state index contributed by atoms with van der Waals surface area (Å²) >= 11 is 0. The maximum absolute atomic E-state index is 11.2. The number of hydrogen-bond donors (Lipinski definition) is 0. The molecule has 1 atom stereocenters. The Morgan fingerprint density at radius 1 is 1.47 bits per heavy atom. The molecule has 0 saturated carbocycles. The van der Waals surface area contributed by atoms with E-state index < -0.39 is 23.5 Å². The molecule has 0 aliphatic heterocycles. The molecule has 0 N–H and O–H groups in total. The maximum atomic E-state index is 11.2. The van der Waals surface area contributed by atoms with E-state index in [1.165, 1.54) is 13.8 Å². The Bertz CT molecular complexity index is 367. The van der Waals surface area contributed by atoms with Crippen molar-refractivity contribution >= 4 is 17.7 Å². The molecule has 15 heavy (non-hydrogen) atoms. The summed E-state index contributed by atoms with van der Waals surface area (Å²) in [4.78, 5) is 0. The zero-order valence-electron chi connectivity index (χ0n) is 8.50. The van der Waals surface area contributed by atoms with Crippen LogP contribution in [0.1, 0.15) is 0 Å². The van der Waals surface area contributed by atoms with Gasteiger partial charge in [0.25, 0.3) is 10.1 Å². The summed E-state index contributed by atoms with van der Waals surface area (Å²) in [6.45, 7) is 0.646. The zero-order chi connectivity index (χ0) is 11.9. The van der Waals surface area contributed by atoms with Gasteiger partial charge in [-0.25, -0.2) is 0 Å². The van der Waals surface area contributed by atoms with Crippen LogP contribution in [0.15, 0.2) is 0 Å². The highest BCUT2D eigenvalue weighted by molar-refractivity contribution is 7.86. The number of rotatable bonds is 7. The first-order valence-electron chi connectivity index (χ1n) is 3.91. The van der Waals surface area contributed by atoms with Gasteiger partial charge in [-0.3, -0.25) is 8.75 Å². The van der Waals surface area contributed by atoms with Gasteiger partial charge in [-0.2, -0.15) is 8.42 Å². The van der Waals surface area contributed by atoms with Crippen LogP contribution in [0.25, 0.3) is 0 Å². The SMILES string of the molecule is C#CCOS(=O)(=O)CCOP(C)(=O)OC. The summed E-state index contributed by atoms with van der Waals surface area (Å²) in [5.41, 5.74) is 0. The first kappa shape index (κ1) is 14.6. The molecule has 0 amide bonds. The lowest BCUT2D eigenvalue weighted by Gasteiger charge is -2.10. The lowest BCUT2D eigenvalue weighted by atomic mass is 10.8. The predicted molar refractivity (Wildman–Crippen MR) is 55.1 cm³/mol. The predicted octanol–water partition coefficient (Wildman–Crippen LogP) is 0.452. The van der Waals surface area contributed by atoms with Crippen LogP contribution in [0.4, 0.5) is 0 Å². The Morgan fingerprint density at radius 3 is 2.53 bits per heavy atom. The van der Waals surface area contributed by atoms with Gasteiger partial charge in [0.2, 0.25) is 0 Å². The van der Waals surface area contributed by atoms with Crippen LogP contribution in [-0.2, 0) is 27.9 Å². The van der Waals surface area contributed by atoms with Crippen LogP contribution in [0.3, 0.4) is 0 Å². The van der Waals surface area contributed by atoms with E-state index in [0.29, 0.717) is 0 Å². The summed E-state index contributed by atoms with van der Waals surface area (Å²) in [5.74, 6) is 1.60. The first-order valence-corrected chi connectivity index (χ1v) is 7.48. The molecule has 0 aliphatic carbocycles. The van der Waals surface area contributed by atoms with Gasteiger partial charge in [-0.15, -0.1) is 6.42 Å². The maximum Gasteiger partial charge on any atom is 0.327 e. The lowest BCUT2D eigenvalue weighted by molar-refractivity contribution is 0.248. The van der Waals surface area contributed by atoms with Gasteiger partial charge in [0.15, 0.2) is 0 Å². The number of hydrogen-bond acceptors (Lipinski definition) is 6. The molecule has 0 aromatic rings. The fourth-order valence-electron chi connectivity index (χ4n) is 0.541. The average Bonchev–Trinajstić information content (AvgIpc) is 2.14. The minimum atomic E-state index is -3.72. The van der Waals surface area contributed by atoms with E-state index in [-0.39, 0.29) is 13.2 Å². The summed E-state index contributed by atoms with van der Waals surface area (Å²) in [6, 6.07) is 0. The van der Waals surface area contributed by atoms with E-state index in [0.717, 1.165) is 0 Å². The Balaban J connectivity index is 3.97. The van der Waals surface area contributed by atoms with Gasteiger partial charge in [0.05, 0.1) is 12.4 Å². The lowest BCUT2D eigenvalue weighted by Crippen LogP contribution is -2.15. The Morgan fingerprint density at radius 2 is 2.07 bits per heavy atom. The van der Waals surface area contributed by atoms with Crippen LogP contribution in [0, 0.1) is 12.3 Å². The topological polar surface area (TPSA) is 78.9 Å². The Hall–Kier alpha value is -0.380. The van der Waals surface area contributed by atoms with Crippen LogP contribution in [0.5, 0.6) is 0 Å². The molecule has 0 fully saturated rings. The van der Waals surface area contributed by atoms with E-state index in [9.17, 15) is 13.0 Å². The second-order valence-corrected chi connectivity index (χ2v) is 6.44. The van der Waals surface area contributed by atoms with E-state index in [4.69, 9.17) is 10.9 Å². The standard InChI is InChI=1S/C7H13O6PS/c1-4-5-13-15(9,10)7-6-12-14(3,8)11-2/h1H,5-7H2,2-3H3. The van der Waals surface area contributed by atoms with E-state index in [2.05, 4.69) is 8.71 Å². The van der Waals surface area contributed by atoms with E-state index in [1.54, 1.807) is 0 Å². The summed E-state index contributed by atoms with van der Waals surface area (Å²) in [5, 5.41) is 0. The van der Waals surface area contributed by atoms with Gasteiger partial charge in [0, 0.05) is 13.8 Å². The fourth-order valence-corrected chi connectivity index (χ4v) is 1.85. The second-order valence-electron chi connectivity index (χ2n) is 2.52. The van der Waals surface area contributed by atoms with Crippen molar-refractivity contribution in [2.24, 2.45) is 0 Å². The van der Waals surface area contributed by atoms with Crippen molar-refractivity contribution in [2.45, 2.75) is 0 Å². The molecule has 6 nitrogen and oxygen atoms in total. The molecule has 1 unspecified atom stereocenters.